The standard InChI is InChI=1S/C16H19ClN4O/c1-10-6-13(21(2)3)5-4-11(10)8-19-16-14(17)7-12(9-20-16)15(18)22/h4-7,9H,8H2,1-3H3,(H2,18,22)(H,19,20). The third-order valence-corrected chi connectivity index (χ3v) is 3.70. The first-order chi connectivity index (χ1) is 10.4. The minimum absolute atomic E-state index is 0.294. The van der Waals surface area contributed by atoms with Gasteiger partial charge in [-0.2, -0.15) is 0 Å². The van der Waals surface area contributed by atoms with Crippen LogP contribution in [0, 0.1) is 6.92 Å². The summed E-state index contributed by atoms with van der Waals surface area (Å²) in [6.07, 6.45) is 1.42. The molecule has 0 aliphatic carbocycles. The minimum Gasteiger partial charge on any atom is -0.378 e. The van der Waals surface area contributed by atoms with Gasteiger partial charge in [0.2, 0.25) is 5.91 Å². The average molecular weight is 319 g/mol. The largest absolute Gasteiger partial charge is 0.378 e. The van der Waals surface area contributed by atoms with Gasteiger partial charge in [-0.25, -0.2) is 4.98 Å². The second-order valence-electron chi connectivity index (χ2n) is 5.28. The number of halogens is 1. The highest BCUT2D eigenvalue weighted by molar-refractivity contribution is 6.33. The molecule has 22 heavy (non-hydrogen) atoms. The maximum Gasteiger partial charge on any atom is 0.250 e. The molecule has 1 amide bonds. The lowest BCUT2D eigenvalue weighted by molar-refractivity contribution is 0.1000. The quantitative estimate of drug-likeness (QED) is 0.889. The van der Waals surface area contributed by atoms with Gasteiger partial charge in [0.25, 0.3) is 0 Å². The lowest BCUT2D eigenvalue weighted by Gasteiger charge is -2.16. The Kier molecular flexibility index (Phi) is 4.88. The molecular weight excluding hydrogens is 300 g/mol. The number of pyridine rings is 1. The molecule has 1 aromatic heterocycles. The fourth-order valence-corrected chi connectivity index (χ4v) is 2.27. The summed E-state index contributed by atoms with van der Waals surface area (Å²) in [6, 6.07) is 7.78. The number of nitrogens with one attached hydrogen (secondary N) is 1. The van der Waals surface area contributed by atoms with E-state index in [1.807, 2.05) is 14.1 Å². The number of nitrogens with zero attached hydrogens (tertiary/aromatic N) is 2. The molecule has 0 fully saturated rings. The molecule has 0 bridgehead atoms. The number of hydrogen-bond acceptors (Lipinski definition) is 4. The Morgan fingerprint density at radius 1 is 1.36 bits per heavy atom. The van der Waals surface area contributed by atoms with Crippen LogP contribution in [0.4, 0.5) is 11.5 Å². The molecular formula is C16H19ClN4O. The lowest BCUT2D eigenvalue weighted by Crippen LogP contribution is -2.12. The fraction of sp³-hybridized carbons (Fsp3) is 0.250. The molecule has 0 saturated heterocycles. The van der Waals surface area contributed by atoms with E-state index in [-0.39, 0.29) is 0 Å². The minimum atomic E-state index is -0.545. The Morgan fingerprint density at radius 2 is 2.09 bits per heavy atom. The second kappa shape index (κ2) is 6.66. The van der Waals surface area contributed by atoms with Gasteiger partial charge < -0.3 is 16.0 Å². The van der Waals surface area contributed by atoms with Crippen LogP contribution >= 0.6 is 11.6 Å². The second-order valence-corrected chi connectivity index (χ2v) is 5.68. The average Bonchev–Trinajstić information content (AvgIpc) is 2.46. The summed E-state index contributed by atoms with van der Waals surface area (Å²) in [7, 11) is 4.02. The fourth-order valence-electron chi connectivity index (χ4n) is 2.04. The number of carbonyl (C=O) groups excluding carboxylic acids is 1. The maximum atomic E-state index is 11.1. The summed E-state index contributed by atoms with van der Waals surface area (Å²) >= 11 is 6.11. The van der Waals surface area contributed by atoms with Crippen LogP contribution in [0.25, 0.3) is 0 Å². The zero-order chi connectivity index (χ0) is 16.3. The number of nitrogens with two attached hydrogens (primary N) is 1. The molecule has 1 aromatic carbocycles. The van der Waals surface area contributed by atoms with Gasteiger partial charge in [0.05, 0.1) is 10.6 Å². The van der Waals surface area contributed by atoms with Gasteiger partial charge in [0.1, 0.15) is 5.82 Å². The smallest absolute Gasteiger partial charge is 0.250 e. The summed E-state index contributed by atoms with van der Waals surface area (Å²) in [4.78, 5) is 17.3. The molecule has 0 unspecified atom stereocenters. The molecule has 1 heterocycles. The van der Waals surface area contributed by atoms with E-state index in [0.717, 1.165) is 11.3 Å². The van der Waals surface area contributed by atoms with Crippen LogP contribution in [0.3, 0.4) is 0 Å². The van der Waals surface area contributed by atoms with Gasteiger partial charge >= 0.3 is 0 Å². The molecule has 2 aromatic rings. The van der Waals surface area contributed by atoms with Gasteiger partial charge in [0, 0.05) is 32.5 Å². The van der Waals surface area contributed by atoms with Crippen molar-refractivity contribution in [2.45, 2.75) is 13.5 Å². The van der Waals surface area contributed by atoms with Gasteiger partial charge in [-0.05, 0) is 36.2 Å². The number of aryl methyl sites for hydroxylation is 1. The third-order valence-electron chi connectivity index (χ3n) is 3.41. The van der Waals surface area contributed by atoms with Crippen molar-refractivity contribution >= 4 is 29.0 Å². The number of aromatic nitrogens is 1. The molecule has 2 rings (SSSR count). The van der Waals surface area contributed by atoms with E-state index >= 15 is 0 Å². The van der Waals surface area contributed by atoms with Gasteiger partial charge in [-0.15, -0.1) is 0 Å². The van der Waals surface area contributed by atoms with Crippen molar-refractivity contribution < 1.29 is 4.79 Å². The van der Waals surface area contributed by atoms with Crippen molar-refractivity contribution in [3.05, 3.63) is 52.2 Å². The predicted octanol–water partition coefficient (Wildman–Crippen LogP) is 2.82. The zero-order valence-electron chi connectivity index (χ0n) is 12.9. The molecule has 6 heteroatoms. The highest BCUT2D eigenvalue weighted by Crippen LogP contribution is 2.22. The highest BCUT2D eigenvalue weighted by Gasteiger charge is 2.08. The molecule has 0 atom stereocenters. The molecule has 0 spiro atoms. The molecule has 0 radical (unpaired) electrons. The number of primary amides is 1. The molecule has 0 aliphatic heterocycles. The van der Waals surface area contributed by atoms with Crippen molar-refractivity contribution in [2.75, 3.05) is 24.3 Å². The molecule has 0 saturated carbocycles. The first kappa shape index (κ1) is 16.1. The summed E-state index contributed by atoms with van der Waals surface area (Å²) in [5, 5.41) is 3.55. The monoisotopic (exact) mass is 318 g/mol. The van der Waals surface area contributed by atoms with E-state index in [9.17, 15) is 4.79 Å². The van der Waals surface area contributed by atoms with Gasteiger partial charge in [0.15, 0.2) is 0 Å². The van der Waals surface area contributed by atoms with E-state index < -0.39 is 5.91 Å². The molecule has 116 valence electrons. The van der Waals surface area contributed by atoms with Crippen LogP contribution in [0.15, 0.2) is 30.5 Å². The van der Waals surface area contributed by atoms with Crippen molar-refractivity contribution in [3.8, 4) is 0 Å². The van der Waals surface area contributed by atoms with Crippen molar-refractivity contribution in [3.63, 3.8) is 0 Å². The highest BCUT2D eigenvalue weighted by atomic mass is 35.5. The van der Waals surface area contributed by atoms with E-state index in [4.69, 9.17) is 17.3 Å². The van der Waals surface area contributed by atoms with Crippen LogP contribution in [-0.2, 0) is 6.54 Å². The van der Waals surface area contributed by atoms with Crippen molar-refractivity contribution in [1.29, 1.82) is 0 Å². The Balaban J connectivity index is 2.12. The SMILES string of the molecule is Cc1cc(N(C)C)ccc1CNc1ncc(C(N)=O)cc1Cl. The number of carbonyl (C=O) groups is 1. The van der Waals surface area contributed by atoms with Crippen LogP contribution in [-0.4, -0.2) is 25.0 Å². The number of benzene rings is 1. The number of anilines is 2. The topological polar surface area (TPSA) is 71.2 Å². The first-order valence-electron chi connectivity index (χ1n) is 6.84. The van der Waals surface area contributed by atoms with Crippen LogP contribution in [0.1, 0.15) is 21.5 Å². The summed E-state index contributed by atoms with van der Waals surface area (Å²) in [5.41, 5.74) is 8.98. The van der Waals surface area contributed by atoms with Crippen LogP contribution in [0.2, 0.25) is 5.02 Å². The number of rotatable bonds is 5. The lowest BCUT2D eigenvalue weighted by atomic mass is 10.1. The predicted molar refractivity (Wildman–Crippen MR) is 90.6 cm³/mol. The zero-order valence-corrected chi connectivity index (χ0v) is 13.6. The van der Waals surface area contributed by atoms with Crippen LogP contribution in [0.5, 0.6) is 0 Å². The number of hydrogen-bond donors (Lipinski definition) is 2. The number of amides is 1. The Morgan fingerprint density at radius 3 is 2.64 bits per heavy atom. The summed E-state index contributed by atoms with van der Waals surface area (Å²) in [6.45, 7) is 2.66. The third kappa shape index (κ3) is 3.68. The molecule has 3 N–H and O–H groups in total. The Bertz CT molecular complexity index is 701. The van der Waals surface area contributed by atoms with E-state index in [0.29, 0.717) is 22.9 Å². The Labute approximate surface area is 135 Å². The van der Waals surface area contributed by atoms with Gasteiger partial charge in [-0.3, -0.25) is 4.79 Å². The maximum absolute atomic E-state index is 11.1. The van der Waals surface area contributed by atoms with Gasteiger partial charge in [-0.1, -0.05) is 17.7 Å². The van der Waals surface area contributed by atoms with E-state index in [2.05, 4.69) is 40.3 Å². The molecule has 5 nitrogen and oxygen atoms in total. The van der Waals surface area contributed by atoms with E-state index in [1.165, 1.54) is 17.8 Å². The normalized spacial score (nSPS) is 10.4. The summed E-state index contributed by atoms with van der Waals surface area (Å²) < 4.78 is 0. The Hall–Kier alpha value is -2.27. The summed E-state index contributed by atoms with van der Waals surface area (Å²) in [5.74, 6) is -0.0150. The van der Waals surface area contributed by atoms with Crippen LogP contribution < -0.4 is 16.0 Å². The first-order valence-corrected chi connectivity index (χ1v) is 7.22. The van der Waals surface area contributed by atoms with E-state index in [1.54, 1.807) is 0 Å². The molecule has 0 aliphatic rings. The van der Waals surface area contributed by atoms with Crippen molar-refractivity contribution in [1.82, 2.24) is 4.98 Å². The van der Waals surface area contributed by atoms with Crippen molar-refractivity contribution in [2.24, 2.45) is 5.73 Å².